The van der Waals surface area contributed by atoms with Crippen molar-refractivity contribution in [3.05, 3.63) is 6.20 Å². The zero-order valence-electron chi connectivity index (χ0n) is 15.4. The molecule has 0 fully saturated rings. The SMILES string of the molecule is CC(C)CCN(CCC(C)C)C(=O)Nc1ncc(SCCC(=O)O)s1. The number of rotatable bonds is 11. The van der Waals surface area contributed by atoms with Crippen LogP contribution in [0.1, 0.15) is 47.0 Å². The van der Waals surface area contributed by atoms with Crippen LogP contribution in [0.25, 0.3) is 0 Å². The number of aromatic nitrogens is 1. The van der Waals surface area contributed by atoms with E-state index >= 15 is 0 Å². The number of thioether (sulfide) groups is 1. The van der Waals surface area contributed by atoms with E-state index in [0.717, 1.165) is 30.1 Å². The molecule has 8 heteroatoms. The first kappa shape index (κ1) is 21.8. The Morgan fingerprint density at radius 3 is 2.36 bits per heavy atom. The molecule has 6 nitrogen and oxygen atoms in total. The Morgan fingerprint density at radius 1 is 1.24 bits per heavy atom. The van der Waals surface area contributed by atoms with Crippen LogP contribution in [0.15, 0.2) is 10.4 Å². The lowest BCUT2D eigenvalue weighted by molar-refractivity contribution is -0.136. The van der Waals surface area contributed by atoms with Crippen LogP contribution in [0.4, 0.5) is 9.93 Å². The molecule has 0 bridgehead atoms. The molecule has 0 spiro atoms. The topological polar surface area (TPSA) is 82.5 Å². The number of anilines is 1. The fourth-order valence-electron chi connectivity index (χ4n) is 1.94. The highest BCUT2D eigenvalue weighted by Crippen LogP contribution is 2.28. The number of carboxylic acids is 1. The van der Waals surface area contributed by atoms with Gasteiger partial charge in [0.05, 0.1) is 16.8 Å². The number of hydrogen-bond donors (Lipinski definition) is 2. The Bertz CT molecular complexity index is 535. The fraction of sp³-hybridized carbons (Fsp3) is 0.706. The summed E-state index contributed by atoms with van der Waals surface area (Å²) in [6, 6.07) is -0.113. The first-order valence-corrected chi connectivity index (χ1v) is 10.4. The zero-order valence-corrected chi connectivity index (χ0v) is 17.1. The number of nitrogens with zero attached hydrogens (tertiary/aromatic N) is 2. The Kier molecular flexibility index (Phi) is 9.89. The van der Waals surface area contributed by atoms with Crippen LogP contribution >= 0.6 is 23.1 Å². The third kappa shape index (κ3) is 9.69. The molecular weight excluding hydrogens is 358 g/mol. The first-order valence-electron chi connectivity index (χ1n) is 8.64. The monoisotopic (exact) mass is 387 g/mol. The van der Waals surface area contributed by atoms with Crippen LogP contribution in [0, 0.1) is 11.8 Å². The van der Waals surface area contributed by atoms with Crippen LogP contribution < -0.4 is 5.32 Å². The van der Waals surface area contributed by atoms with Gasteiger partial charge in [0.2, 0.25) is 0 Å². The molecule has 1 heterocycles. The van der Waals surface area contributed by atoms with Gasteiger partial charge in [-0.1, -0.05) is 39.0 Å². The van der Waals surface area contributed by atoms with E-state index in [4.69, 9.17) is 5.11 Å². The molecule has 2 N–H and O–H groups in total. The second-order valence-electron chi connectivity index (χ2n) is 6.76. The van der Waals surface area contributed by atoms with Gasteiger partial charge in [0, 0.05) is 18.8 Å². The molecule has 0 aliphatic carbocycles. The summed E-state index contributed by atoms with van der Waals surface area (Å²) in [5.74, 6) is 0.786. The highest BCUT2D eigenvalue weighted by Gasteiger charge is 2.16. The molecule has 1 aromatic rings. The van der Waals surface area contributed by atoms with Crippen molar-refractivity contribution in [2.75, 3.05) is 24.2 Å². The summed E-state index contributed by atoms with van der Waals surface area (Å²) in [7, 11) is 0. The third-order valence-corrected chi connectivity index (χ3v) is 5.61. The molecule has 0 atom stereocenters. The summed E-state index contributed by atoms with van der Waals surface area (Å²) in [6.07, 6.45) is 3.74. The molecule has 0 saturated heterocycles. The maximum atomic E-state index is 12.5. The van der Waals surface area contributed by atoms with Gasteiger partial charge in [0.1, 0.15) is 0 Å². The van der Waals surface area contributed by atoms with Crippen molar-refractivity contribution in [1.29, 1.82) is 0 Å². The molecular formula is C17H29N3O3S2. The van der Waals surface area contributed by atoms with Crippen LogP contribution in [0.2, 0.25) is 0 Å². The summed E-state index contributed by atoms with van der Waals surface area (Å²) in [6.45, 7) is 10.1. The summed E-state index contributed by atoms with van der Waals surface area (Å²) in [4.78, 5) is 29.2. The minimum atomic E-state index is -0.809. The number of urea groups is 1. The number of nitrogens with one attached hydrogen (secondary N) is 1. The summed E-state index contributed by atoms with van der Waals surface area (Å²) in [5.41, 5.74) is 0. The van der Waals surface area contributed by atoms with E-state index < -0.39 is 5.97 Å². The standard InChI is InChI=1S/C17H29N3O3S2/c1-12(2)5-8-20(9-6-13(3)4)17(23)19-16-18-11-15(25-16)24-10-7-14(21)22/h11-13H,5-10H2,1-4H3,(H,21,22)(H,18,19,23). The number of amides is 2. The molecule has 0 aliphatic heterocycles. The number of hydrogen-bond acceptors (Lipinski definition) is 5. The molecule has 1 aromatic heterocycles. The van der Waals surface area contributed by atoms with Gasteiger partial charge in [-0.25, -0.2) is 9.78 Å². The van der Waals surface area contributed by atoms with Crippen molar-refractivity contribution >= 4 is 40.2 Å². The molecule has 1 rings (SSSR count). The van der Waals surface area contributed by atoms with Crippen LogP contribution in [-0.2, 0) is 4.79 Å². The van der Waals surface area contributed by atoms with Crippen LogP contribution in [-0.4, -0.2) is 45.8 Å². The summed E-state index contributed by atoms with van der Waals surface area (Å²) >= 11 is 2.82. The zero-order chi connectivity index (χ0) is 18.8. The Balaban J connectivity index is 2.56. The lowest BCUT2D eigenvalue weighted by Gasteiger charge is -2.24. The minimum absolute atomic E-state index is 0.113. The highest BCUT2D eigenvalue weighted by molar-refractivity contribution is 8.01. The average molecular weight is 388 g/mol. The van der Waals surface area contributed by atoms with E-state index in [-0.39, 0.29) is 12.5 Å². The van der Waals surface area contributed by atoms with Gasteiger partial charge in [0.15, 0.2) is 5.13 Å². The highest BCUT2D eigenvalue weighted by atomic mass is 32.2. The summed E-state index contributed by atoms with van der Waals surface area (Å²) in [5, 5.41) is 12.1. The molecule has 0 aliphatic rings. The van der Waals surface area contributed by atoms with E-state index in [1.807, 2.05) is 4.90 Å². The Hall–Kier alpha value is -1.28. The van der Waals surface area contributed by atoms with Gasteiger partial charge >= 0.3 is 12.0 Å². The molecule has 0 saturated carbocycles. The van der Waals surface area contributed by atoms with Gasteiger partial charge in [-0.15, -0.1) is 11.8 Å². The number of carbonyl (C=O) groups is 2. The van der Waals surface area contributed by atoms with E-state index in [9.17, 15) is 9.59 Å². The van der Waals surface area contributed by atoms with Gasteiger partial charge in [0.25, 0.3) is 0 Å². The number of aliphatic carboxylic acids is 1. The lowest BCUT2D eigenvalue weighted by Crippen LogP contribution is -2.37. The molecule has 0 radical (unpaired) electrons. The molecule has 0 unspecified atom stereocenters. The number of carbonyl (C=O) groups excluding carboxylic acids is 1. The van der Waals surface area contributed by atoms with Gasteiger partial charge < -0.3 is 10.0 Å². The smallest absolute Gasteiger partial charge is 0.323 e. The molecule has 0 aromatic carbocycles. The second kappa shape index (κ2) is 11.4. The molecule has 25 heavy (non-hydrogen) atoms. The second-order valence-corrected chi connectivity index (χ2v) is 9.18. The van der Waals surface area contributed by atoms with Gasteiger partial charge in [-0.05, 0) is 24.7 Å². The number of thiazole rings is 1. The van der Waals surface area contributed by atoms with E-state index in [2.05, 4.69) is 38.0 Å². The predicted octanol–water partition coefficient (Wildman–Crippen LogP) is 4.64. The van der Waals surface area contributed by atoms with E-state index in [1.165, 1.54) is 23.1 Å². The fourth-order valence-corrected chi connectivity index (χ4v) is 3.80. The predicted molar refractivity (Wildman–Crippen MR) is 105 cm³/mol. The molecule has 142 valence electrons. The first-order chi connectivity index (χ1) is 11.8. The van der Waals surface area contributed by atoms with Crippen molar-refractivity contribution in [3.63, 3.8) is 0 Å². The third-order valence-electron chi connectivity index (χ3n) is 3.50. The van der Waals surface area contributed by atoms with Crippen molar-refractivity contribution in [1.82, 2.24) is 9.88 Å². The normalized spacial score (nSPS) is 11.1. The van der Waals surface area contributed by atoms with Crippen LogP contribution in [0.5, 0.6) is 0 Å². The number of carboxylic acid groups (broad SMARTS) is 1. The largest absolute Gasteiger partial charge is 0.481 e. The quantitative estimate of drug-likeness (QED) is 0.541. The summed E-state index contributed by atoms with van der Waals surface area (Å²) < 4.78 is 0.910. The van der Waals surface area contributed by atoms with Gasteiger partial charge in [-0.2, -0.15) is 0 Å². The van der Waals surface area contributed by atoms with Crippen molar-refractivity contribution in [2.24, 2.45) is 11.8 Å². The Morgan fingerprint density at radius 2 is 1.84 bits per heavy atom. The van der Waals surface area contributed by atoms with Gasteiger partial charge in [-0.3, -0.25) is 10.1 Å². The van der Waals surface area contributed by atoms with Crippen molar-refractivity contribution in [2.45, 2.75) is 51.2 Å². The van der Waals surface area contributed by atoms with Crippen molar-refractivity contribution in [3.8, 4) is 0 Å². The lowest BCUT2D eigenvalue weighted by atomic mass is 10.1. The maximum absolute atomic E-state index is 12.5. The van der Waals surface area contributed by atoms with Crippen molar-refractivity contribution < 1.29 is 14.7 Å². The van der Waals surface area contributed by atoms with E-state index in [0.29, 0.717) is 22.7 Å². The Labute approximate surface area is 158 Å². The van der Waals surface area contributed by atoms with E-state index in [1.54, 1.807) is 6.20 Å². The van der Waals surface area contributed by atoms with Crippen LogP contribution in [0.3, 0.4) is 0 Å². The minimum Gasteiger partial charge on any atom is -0.481 e. The average Bonchev–Trinajstić information content (AvgIpc) is 2.93. The maximum Gasteiger partial charge on any atom is 0.323 e. The molecule has 2 amide bonds.